The molecule has 1 amide bonds. The van der Waals surface area contributed by atoms with Crippen molar-refractivity contribution in [2.75, 3.05) is 18.0 Å². The summed E-state index contributed by atoms with van der Waals surface area (Å²) < 4.78 is 0. The highest BCUT2D eigenvalue weighted by Gasteiger charge is 2.26. The zero-order valence-electron chi connectivity index (χ0n) is 15.0. The Labute approximate surface area is 149 Å². The smallest absolute Gasteiger partial charge is 0.223 e. The van der Waals surface area contributed by atoms with Crippen LogP contribution in [0.1, 0.15) is 33.1 Å². The molecule has 1 aromatic carbocycles. The Kier molecular flexibility index (Phi) is 5.64. The van der Waals surface area contributed by atoms with E-state index in [4.69, 9.17) is 0 Å². The third-order valence-corrected chi connectivity index (χ3v) is 4.91. The normalized spacial score (nSPS) is 16.5. The number of benzene rings is 1. The van der Waals surface area contributed by atoms with Gasteiger partial charge in [-0.3, -0.25) is 4.79 Å². The molecule has 3 rings (SSSR count). The van der Waals surface area contributed by atoms with Gasteiger partial charge in [-0.1, -0.05) is 37.3 Å². The van der Waals surface area contributed by atoms with Crippen molar-refractivity contribution >= 4 is 11.7 Å². The SMILES string of the molecule is CC[C@@H](C)NC(=O)C1CCN(c2cc(-c3ccccc3)ncn2)CC1. The second-order valence-corrected chi connectivity index (χ2v) is 6.71. The Hall–Kier alpha value is -2.43. The van der Waals surface area contributed by atoms with Gasteiger partial charge in [0.1, 0.15) is 12.1 Å². The quantitative estimate of drug-likeness (QED) is 0.909. The van der Waals surface area contributed by atoms with Gasteiger partial charge >= 0.3 is 0 Å². The van der Waals surface area contributed by atoms with Gasteiger partial charge < -0.3 is 10.2 Å². The number of carbonyl (C=O) groups is 1. The van der Waals surface area contributed by atoms with E-state index >= 15 is 0 Å². The molecule has 1 saturated heterocycles. The van der Waals surface area contributed by atoms with E-state index in [1.54, 1.807) is 6.33 Å². The second-order valence-electron chi connectivity index (χ2n) is 6.71. The molecular weight excluding hydrogens is 312 g/mol. The Balaban J connectivity index is 1.63. The van der Waals surface area contributed by atoms with E-state index in [-0.39, 0.29) is 17.9 Å². The standard InChI is InChI=1S/C20H26N4O/c1-3-15(2)23-20(25)17-9-11-24(12-10-17)19-13-18(21-14-22-19)16-7-5-4-6-8-16/h4-8,13-15,17H,3,9-12H2,1-2H3,(H,23,25)/t15-/m1/s1. The molecule has 1 atom stereocenters. The first kappa shape index (κ1) is 17.4. The van der Waals surface area contributed by atoms with Gasteiger partial charge in [-0.15, -0.1) is 0 Å². The minimum absolute atomic E-state index is 0.112. The fourth-order valence-electron chi connectivity index (χ4n) is 3.12. The van der Waals surface area contributed by atoms with Crippen LogP contribution in [0.2, 0.25) is 0 Å². The van der Waals surface area contributed by atoms with Gasteiger partial charge in [-0.25, -0.2) is 9.97 Å². The summed E-state index contributed by atoms with van der Waals surface area (Å²) >= 11 is 0. The summed E-state index contributed by atoms with van der Waals surface area (Å²) in [5.74, 6) is 1.25. The minimum Gasteiger partial charge on any atom is -0.356 e. The fourth-order valence-corrected chi connectivity index (χ4v) is 3.12. The first-order chi connectivity index (χ1) is 12.2. The number of rotatable bonds is 5. The topological polar surface area (TPSA) is 58.1 Å². The molecule has 0 bridgehead atoms. The summed E-state index contributed by atoms with van der Waals surface area (Å²) in [6.45, 7) is 5.85. The van der Waals surface area contributed by atoms with Gasteiger partial charge in [0.2, 0.25) is 5.91 Å². The van der Waals surface area contributed by atoms with Crippen LogP contribution in [0.5, 0.6) is 0 Å². The molecule has 1 N–H and O–H groups in total. The molecule has 0 aliphatic carbocycles. The molecule has 1 aliphatic heterocycles. The minimum atomic E-state index is 0.112. The van der Waals surface area contributed by atoms with Gasteiger partial charge in [0, 0.05) is 36.7 Å². The van der Waals surface area contributed by atoms with Gasteiger partial charge in [-0.2, -0.15) is 0 Å². The Bertz CT molecular complexity index is 696. The Morgan fingerprint density at radius 1 is 1.24 bits per heavy atom. The summed E-state index contributed by atoms with van der Waals surface area (Å²) in [6, 6.07) is 12.4. The number of anilines is 1. The molecule has 0 spiro atoms. The van der Waals surface area contributed by atoms with Crippen LogP contribution < -0.4 is 10.2 Å². The van der Waals surface area contributed by atoms with Crippen molar-refractivity contribution in [3.05, 3.63) is 42.7 Å². The van der Waals surface area contributed by atoms with Crippen molar-refractivity contribution in [2.24, 2.45) is 5.92 Å². The van der Waals surface area contributed by atoms with Crippen LogP contribution in [0.15, 0.2) is 42.7 Å². The van der Waals surface area contributed by atoms with Gasteiger partial charge in [0.25, 0.3) is 0 Å². The highest BCUT2D eigenvalue weighted by atomic mass is 16.1. The molecule has 0 saturated carbocycles. The van der Waals surface area contributed by atoms with E-state index in [2.05, 4.69) is 46.2 Å². The molecule has 132 valence electrons. The van der Waals surface area contributed by atoms with E-state index in [1.165, 1.54) is 0 Å². The Morgan fingerprint density at radius 2 is 1.96 bits per heavy atom. The number of nitrogens with zero attached hydrogens (tertiary/aromatic N) is 3. The number of amides is 1. The second kappa shape index (κ2) is 8.10. The molecule has 25 heavy (non-hydrogen) atoms. The van der Waals surface area contributed by atoms with Crippen molar-refractivity contribution < 1.29 is 4.79 Å². The average Bonchev–Trinajstić information content (AvgIpc) is 2.68. The van der Waals surface area contributed by atoms with Crippen molar-refractivity contribution in [3.63, 3.8) is 0 Å². The molecular formula is C20H26N4O. The van der Waals surface area contributed by atoms with E-state index in [0.29, 0.717) is 0 Å². The fraction of sp³-hybridized carbons (Fsp3) is 0.450. The predicted molar refractivity (Wildman–Crippen MR) is 100 cm³/mol. The molecule has 2 heterocycles. The molecule has 5 nitrogen and oxygen atoms in total. The number of nitrogens with one attached hydrogen (secondary N) is 1. The van der Waals surface area contributed by atoms with Crippen molar-refractivity contribution in [2.45, 2.75) is 39.2 Å². The number of hydrogen-bond donors (Lipinski definition) is 1. The van der Waals surface area contributed by atoms with E-state index in [0.717, 1.165) is 49.4 Å². The van der Waals surface area contributed by atoms with Crippen molar-refractivity contribution in [3.8, 4) is 11.3 Å². The molecule has 0 radical (unpaired) electrons. The third-order valence-electron chi connectivity index (χ3n) is 4.91. The van der Waals surface area contributed by atoms with E-state index in [9.17, 15) is 4.79 Å². The molecule has 1 aromatic heterocycles. The lowest BCUT2D eigenvalue weighted by atomic mass is 9.95. The molecule has 1 aliphatic rings. The first-order valence-corrected chi connectivity index (χ1v) is 9.10. The predicted octanol–water partition coefficient (Wildman–Crippen LogP) is 3.27. The van der Waals surface area contributed by atoms with E-state index < -0.39 is 0 Å². The largest absolute Gasteiger partial charge is 0.356 e. The number of carbonyl (C=O) groups excluding carboxylic acids is 1. The lowest BCUT2D eigenvalue weighted by molar-refractivity contribution is -0.126. The molecule has 1 fully saturated rings. The van der Waals surface area contributed by atoms with Crippen LogP contribution in [-0.2, 0) is 4.79 Å². The number of aromatic nitrogens is 2. The van der Waals surface area contributed by atoms with E-state index in [1.807, 2.05) is 24.3 Å². The van der Waals surface area contributed by atoms with Crippen LogP contribution >= 0.6 is 0 Å². The van der Waals surface area contributed by atoms with Gasteiger partial charge in [0.05, 0.1) is 5.69 Å². The maximum atomic E-state index is 12.3. The molecule has 2 aromatic rings. The van der Waals surface area contributed by atoms with Crippen molar-refractivity contribution in [1.29, 1.82) is 0 Å². The Morgan fingerprint density at radius 3 is 2.64 bits per heavy atom. The van der Waals surface area contributed by atoms with Crippen LogP contribution in [-0.4, -0.2) is 35.0 Å². The van der Waals surface area contributed by atoms with Crippen LogP contribution in [0.25, 0.3) is 11.3 Å². The zero-order valence-corrected chi connectivity index (χ0v) is 15.0. The van der Waals surface area contributed by atoms with Crippen molar-refractivity contribution in [1.82, 2.24) is 15.3 Å². The summed E-state index contributed by atoms with van der Waals surface area (Å²) in [5.41, 5.74) is 2.02. The maximum Gasteiger partial charge on any atom is 0.223 e. The van der Waals surface area contributed by atoms with Crippen LogP contribution in [0, 0.1) is 5.92 Å². The first-order valence-electron chi connectivity index (χ1n) is 9.10. The highest BCUT2D eigenvalue weighted by molar-refractivity contribution is 5.79. The lowest BCUT2D eigenvalue weighted by Gasteiger charge is -2.32. The number of piperidine rings is 1. The summed E-state index contributed by atoms with van der Waals surface area (Å²) in [4.78, 5) is 23.4. The third kappa shape index (κ3) is 4.35. The average molecular weight is 338 g/mol. The maximum absolute atomic E-state index is 12.3. The summed E-state index contributed by atoms with van der Waals surface area (Å²) in [7, 11) is 0. The zero-order chi connectivity index (χ0) is 17.6. The van der Waals surface area contributed by atoms with Gasteiger partial charge in [0.15, 0.2) is 0 Å². The van der Waals surface area contributed by atoms with Crippen LogP contribution in [0.3, 0.4) is 0 Å². The van der Waals surface area contributed by atoms with Crippen LogP contribution in [0.4, 0.5) is 5.82 Å². The highest BCUT2D eigenvalue weighted by Crippen LogP contribution is 2.25. The van der Waals surface area contributed by atoms with Gasteiger partial charge in [-0.05, 0) is 26.2 Å². The molecule has 5 heteroatoms. The summed E-state index contributed by atoms with van der Waals surface area (Å²) in [6.07, 6.45) is 4.33. The molecule has 0 unspecified atom stereocenters. The summed E-state index contributed by atoms with van der Waals surface area (Å²) in [5, 5.41) is 3.10. The lowest BCUT2D eigenvalue weighted by Crippen LogP contribution is -2.43. The number of hydrogen-bond acceptors (Lipinski definition) is 4. The monoisotopic (exact) mass is 338 g/mol.